The molecule has 6 heteroatoms. The summed E-state index contributed by atoms with van der Waals surface area (Å²) in [5.41, 5.74) is 0. The van der Waals surface area contributed by atoms with Crippen molar-refractivity contribution in [1.29, 1.82) is 0 Å². The first-order valence-electron chi connectivity index (χ1n) is 5.86. The lowest BCUT2D eigenvalue weighted by molar-refractivity contribution is -0.137. The largest absolute Gasteiger partial charge is 0.481 e. The Morgan fingerprint density at radius 1 is 1.24 bits per heavy atom. The molecule has 0 saturated heterocycles. The van der Waals surface area contributed by atoms with Crippen molar-refractivity contribution in [3.8, 4) is 0 Å². The standard InChI is InChI=1S/C11H23N3O3/c1-4-14(9-6-10(15)16)11(17)12-7-5-8-13(2)3/h4-9H2,1-3H3,(H,12,17)(H,15,16). The van der Waals surface area contributed by atoms with Crippen molar-refractivity contribution in [2.45, 2.75) is 19.8 Å². The van der Waals surface area contributed by atoms with Crippen molar-refractivity contribution < 1.29 is 14.7 Å². The molecule has 0 heterocycles. The summed E-state index contributed by atoms with van der Waals surface area (Å²) in [5, 5.41) is 11.3. The molecular formula is C11H23N3O3. The fourth-order valence-electron chi connectivity index (χ4n) is 1.34. The Morgan fingerprint density at radius 3 is 2.35 bits per heavy atom. The molecule has 0 radical (unpaired) electrons. The monoisotopic (exact) mass is 245 g/mol. The van der Waals surface area contributed by atoms with Gasteiger partial charge in [-0.05, 0) is 34.0 Å². The normalized spacial score (nSPS) is 10.4. The van der Waals surface area contributed by atoms with Crippen molar-refractivity contribution in [3.05, 3.63) is 0 Å². The highest BCUT2D eigenvalue weighted by molar-refractivity contribution is 5.75. The fraction of sp³-hybridized carbons (Fsp3) is 0.818. The van der Waals surface area contributed by atoms with Gasteiger partial charge in [0.25, 0.3) is 0 Å². The van der Waals surface area contributed by atoms with Gasteiger partial charge in [-0.15, -0.1) is 0 Å². The number of nitrogens with zero attached hydrogens (tertiary/aromatic N) is 2. The molecule has 0 unspecified atom stereocenters. The third-order valence-corrected chi connectivity index (χ3v) is 2.32. The zero-order chi connectivity index (χ0) is 13.3. The van der Waals surface area contributed by atoms with Gasteiger partial charge in [-0.2, -0.15) is 0 Å². The molecule has 2 N–H and O–H groups in total. The van der Waals surface area contributed by atoms with Crippen LogP contribution in [0.25, 0.3) is 0 Å². The number of rotatable bonds is 8. The predicted molar refractivity (Wildman–Crippen MR) is 66.1 cm³/mol. The summed E-state index contributed by atoms with van der Waals surface area (Å²) in [7, 11) is 3.96. The first-order valence-corrected chi connectivity index (χ1v) is 5.86. The molecule has 17 heavy (non-hydrogen) atoms. The van der Waals surface area contributed by atoms with Gasteiger partial charge >= 0.3 is 12.0 Å². The Bertz CT molecular complexity index is 244. The number of nitrogens with one attached hydrogen (secondary N) is 1. The molecule has 0 bridgehead atoms. The molecule has 0 saturated carbocycles. The third kappa shape index (κ3) is 8.50. The average molecular weight is 245 g/mol. The number of carbonyl (C=O) groups is 2. The molecule has 0 aliphatic heterocycles. The second kappa shape index (κ2) is 8.81. The predicted octanol–water partition coefficient (Wildman–Crippen LogP) is 0.444. The van der Waals surface area contributed by atoms with Crippen LogP contribution < -0.4 is 5.32 Å². The average Bonchev–Trinajstić information content (AvgIpc) is 2.24. The number of carboxylic acids is 1. The van der Waals surface area contributed by atoms with Gasteiger partial charge in [0.05, 0.1) is 6.42 Å². The van der Waals surface area contributed by atoms with E-state index >= 15 is 0 Å². The topological polar surface area (TPSA) is 72.9 Å². The van der Waals surface area contributed by atoms with E-state index in [-0.39, 0.29) is 19.0 Å². The molecule has 0 atom stereocenters. The highest BCUT2D eigenvalue weighted by atomic mass is 16.4. The molecule has 0 aromatic heterocycles. The van der Waals surface area contributed by atoms with Crippen LogP contribution in [-0.4, -0.2) is 67.2 Å². The highest BCUT2D eigenvalue weighted by Gasteiger charge is 2.11. The van der Waals surface area contributed by atoms with E-state index in [2.05, 4.69) is 5.32 Å². The van der Waals surface area contributed by atoms with Crippen LogP contribution in [0.2, 0.25) is 0 Å². The summed E-state index contributed by atoms with van der Waals surface area (Å²) >= 11 is 0. The van der Waals surface area contributed by atoms with Gasteiger partial charge in [0, 0.05) is 19.6 Å². The number of amides is 2. The SMILES string of the molecule is CCN(CCC(=O)O)C(=O)NCCCN(C)C. The van der Waals surface area contributed by atoms with Crippen LogP contribution in [0.15, 0.2) is 0 Å². The second-order valence-electron chi connectivity index (χ2n) is 4.11. The number of hydrogen-bond acceptors (Lipinski definition) is 3. The first-order chi connectivity index (χ1) is 7.97. The number of urea groups is 1. The zero-order valence-corrected chi connectivity index (χ0v) is 10.9. The van der Waals surface area contributed by atoms with Crippen LogP contribution in [0.5, 0.6) is 0 Å². The molecule has 2 amide bonds. The van der Waals surface area contributed by atoms with E-state index in [1.807, 2.05) is 25.9 Å². The summed E-state index contributed by atoms with van der Waals surface area (Å²) in [6.45, 7) is 4.14. The van der Waals surface area contributed by atoms with E-state index in [0.29, 0.717) is 13.1 Å². The summed E-state index contributed by atoms with van der Waals surface area (Å²) in [5.74, 6) is -0.885. The maximum atomic E-state index is 11.6. The van der Waals surface area contributed by atoms with Gasteiger partial charge in [-0.25, -0.2) is 4.79 Å². The highest BCUT2D eigenvalue weighted by Crippen LogP contribution is 1.93. The van der Waals surface area contributed by atoms with Crippen LogP contribution in [0, 0.1) is 0 Å². The molecule has 0 aliphatic carbocycles. The molecular weight excluding hydrogens is 222 g/mol. The second-order valence-corrected chi connectivity index (χ2v) is 4.11. The van der Waals surface area contributed by atoms with Crippen molar-refractivity contribution in [2.75, 3.05) is 40.3 Å². The molecule has 6 nitrogen and oxygen atoms in total. The lowest BCUT2D eigenvalue weighted by Crippen LogP contribution is -2.41. The van der Waals surface area contributed by atoms with Gasteiger partial charge in [0.2, 0.25) is 0 Å². The van der Waals surface area contributed by atoms with Crippen molar-refractivity contribution in [3.63, 3.8) is 0 Å². The summed E-state index contributed by atoms with van der Waals surface area (Å²) < 4.78 is 0. The van der Waals surface area contributed by atoms with Crippen LogP contribution in [0.3, 0.4) is 0 Å². The minimum atomic E-state index is -0.885. The summed E-state index contributed by atoms with van der Waals surface area (Å²) in [6, 6.07) is -0.187. The van der Waals surface area contributed by atoms with Gasteiger partial charge in [-0.3, -0.25) is 4.79 Å². The summed E-state index contributed by atoms with van der Waals surface area (Å²) in [6.07, 6.45) is 0.869. The minimum absolute atomic E-state index is 0.0149. The molecule has 0 aromatic carbocycles. The molecule has 100 valence electrons. The maximum Gasteiger partial charge on any atom is 0.317 e. The quantitative estimate of drug-likeness (QED) is 0.609. The van der Waals surface area contributed by atoms with E-state index in [4.69, 9.17) is 5.11 Å². The number of carbonyl (C=O) groups excluding carboxylic acids is 1. The Labute approximate surface area is 103 Å². The molecule has 0 aliphatic rings. The number of carboxylic acid groups (broad SMARTS) is 1. The smallest absolute Gasteiger partial charge is 0.317 e. The summed E-state index contributed by atoms with van der Waals surface area (Å²) in [4.78, 5) is 25.6. The van der Waals surface area contributed by atoms with E-state index in [0.717, 1.165) is 13.0 Å². The van der Waals surface area contributed by atoms with Gasteiger partial charge in [0.15, 0.2) is 0 Å². The number of aliphatic carboxylic acids is 1. The molecule has 0 fully saturated rings. The number of hydrogen-bond donors (Lipinski definition) is 2. The zero-order valence-electron chi connectivity index (χ0n) is 10.9. The molecule has 0 rings (SSSR count). The van der Waals surface area contributed by atoms with E-state index < -0.39 is 5.97 Å². The Hall–Kier alpha value is -1.30. The van der Waals surface area contributed by atoms with Crippen molar-refractivity contribution >= 4 is 12.0 Å². The third-order valence-electron chi connectivity index (χ3n) is 2.32. The van der Waals surface area contributed by atoms with Crippen molar-refractivity contribution in [1.82, 2.24) is 15.1 Å². The molecule has 0 aromatic rings. The van der Waals surface area contributed by atoms with Crippen LogP contribution in [0.4, 0.5) is 4.79 Å². The lowest BCUT2D eigenvalue weighted by atomic mass is 10.4. The van der Waals surface area contributed by atoms with Gasteiger partial charge < -0.3 is 20.2 Å². The lowest BCUT2D eigenvalue weighted by Gasteiger charge is -2.20. The first kappa shape index (κ1) is 15.7. The van der Waals surface area contributed by atoms with Gasteiger partial charge in [0.1, 0.15) is 0 Å². The van der Waals surface area contributed by atoms with E-state index in [9.17, 15) is 9.59 Å². The van der Waals surface area contributed by atoms with Crippen LogP contribution in [0.1, 0.15) is 19.8 Å². The van der Waals surface area contributed by atoms with Crippen LogP contribution in [-0.2, 0) is 4.79 Å². The Kier molecular flexibility index (Phi) is 8.13. The fourth-order valence-corrected chi connectivity index (χ4v) is 1.34. The maximum absolute atomic E-state index is 11.6. The Balaban J connectivity index is 3.80. The molecule has 0 spiro atoms. The van der Waals surface area contributed by atoms with Crippen molar-refractivity contribution in [2.24, 2.45) is 0 Å². The van der Waals surface area contributed by atoms with Gasteiger partial charge in [-0.1, -0.05) is 0 Å². The van der Waals surface area contributed by atoms with E-state index in [1.54, 1.807) is 0 Å². The van der Waals surface area contributed by atoms with E-state index in [1.165, 1.54) is 4.90 Å². The Morgan fingerprint density at radius 2 is 1.88 bits per heavy atom. The van der Waals surface area contributed by atoms with Crippen LogP contribution >= 0.6 is 0 Å². The minimum Gasteiger partial charge on any atom is -0.481 e.